The molecule has 7 nitrogen and oxygen atoms in total. The van der Waals surface area contributed by atoms with Crippen LogP contribution in [0.1, 0.15) is 16.3 Å². The largest absolute Gasteiger partial charge is 0.284 e. The first-order valence-corrected chi connectivity index (χ1v) is 7.80. The van der Waals surface area contributed by atoms with Gasteiger partial charge in [-0.2, -0.15) is 5.10 Å². The number of aromatic nitrogens is 1. The quantitative estimate of drug-likeness (QED) is 0.488. The molecule has 0 saturated carbocycles. The smallest absolute Gasteiger partial charge is 0.273 e. The predicted molar refractivity (Wildman–Crippen MR) is 87.1 cm³/mol. The second kappa shape index (κ2) is 7.23. The average molecular weight is 383 g/mol. The summed E-state index contributed by atoms with van der Waals surface area (Å²) in [6.07, 6.45) is 1.50. The molecule has 2 aromatic rings. The number of nitrogens with zero attached hydrogens (tertiary/aromatic N) is 3. The molecular weight excluding hydrogens is 372 g/mol. The minimum atomic E-state index is -0.495. The fraction of sp³-hybridized carbons (Fsp3) is 0.154. The molecule has 0 fully saturated rings. The van der Waals surface area contributed by atoms with Gasteiger partial charge in [0.15, 0.2) is 0 Å². The number of thiazole rings is 1. The first kappa shape index (κ1) is 16.2. The molecule has 1 amide bonds. The number of nitro groups is 1. The van der Waals surface area contributed by atoms with Crippen molar-refractivity contribution >= 4 is 45.1 Å². The number of rotatable bonds is 5. The van der Waals surface area contributed by atoms with Crippen LogP contribution < -0.4 is 5.43 Å². The predicted octanol–water partition coefficient (Wildman–Crippen LogP) is 2.82. The molecule has 0 atom stereocenters. The Morgan fingerprint density at radius 3 is 3.00 bits per heavy atom. The van der Waals surface area contributed by atoms with Gasteiger partial charge in [0.2, 0.25) is 5.91 Å². The van der Waals surface area contributed by atoms with Crippen LogP contribution >= 0.6 is 27.3 Å². The van der Waals surface area contributed by atoms with Crippen molar-refractivity contribution in [2.24, 2.45) is 5.10 Å². The Labute approximate surface area is 138 Å². The lowest BCUT2D eigenvalue weighted by molar-refractivity contribution is -0.385. The zero-order chi connectivity index (χ0) is 16.1. The van der Waals surface area contributed by atoms with Gasteiger partial charge in [0.05, 0.1) is 22.0 Å². The second-order valence-electron chi connectivity index (χ2n) is 4.32. The molecule has 0 radical (unpaired) electrons. The first-order chi connectivity index (χ1) is 10.5. The number of hydrazone groups is 1. The number of hydrogen-bond acceptors (Lipinski definition) is 6. The van der Waals surface area contributed by atoms with Crippen LogP contribution in [-0.2, 0) is 11.2 Å². The number of benzene rings is 1. The molecule has 1 N–H and O–H groups in total. The maximum Gasteiger partial charge on any atom is 0.284 e. The Balaban J connectivity index is 1.96. The van der Waals surface area contributed by atoms with Crippen molar-refractivity contribution in [3.8, 4) is 0 Å². The van der Waals surface area contributed by atoms with Gasteiger partial charge in [-0.1, -0.05) is 6.07 Å². The number of nitro benzene ring substituents is 1. The molecule has 0 unspecified atom stereocenters. The molecule has 2 rings (SSSR count). The number of hydrogen-bond donors (Lipinski definition) is 1. The van der Waals surface area contributed by atoms with E-state index in [1.807, 2.05) is 12.3 Å². The van der Waals surface area contributed by atoms with E-state index in [1.54, 1.807) is 12.1 Å². The van der Waals surface area contributed by atoms with E-state index in [4.69, 9.17) is 0 Å². The Morgan fingerprint density at radius 2 is 2.36 bits per heavy atom. The molecule has 0 aliphatic heterocycles. The summed E-state index contributed by atoms with van der Waals surface area (Å²) in [6, 6.07) is 4.57. The van der Waals surface area contributed by atoms with Crippen molar-refractivity contribution in [2.45, 2.75) is 13.3 Å². The summed E-state index contributed by atoms with van der Waals surface area (Å²) in [5, 5.41) is 17.2. The SMILES string of the molecule is Cc1csc(CC(=O)N/N=C\c2ccc(Br)c([N+](=O)[O-])c2)n1. The maximum atomic E-state index is 11.7. The minimum absolute atomic E-state index is 0.0615. The first-order valence-electron chi connectivity index (χ1n) is 6.12. The topological polar surface area (TPSA) is 97.5 Å². The van der Waals surface area contributed by atoms with Gasteiger partial charge in [-0.3, -0.25) is 14.9 Å². The summed E-state index contributed by atoms with van der Waals surface area (Å²) in [4.78, 5) is 26.2. The Morgan fingerprint density at radius 1 is 1.59 bits per heavy atom. The molecule has 0 bridgehead atoms. The fourth-order valence-electron chi connectivity index (χ4n) is 1.59. The van der Waals surface area contributed by atoms with Crippen molar-refractivity contribution in [3.63, 3.8) is 0 Å². The van der Waals surface area contributed by atoms with Gasteiger partial charge in [-0.15, -0.1) is 11.3 Å². The van der Waals surface area contributed by atoms with Crippen LogP contribution in [-0.4, -0.2) is 22.0 Å². The van der Waals surface area contributed by atoms with Gasteiger partial charge in [-0.05, 0) is 28.9 Å². The number of halogens is 1. The van der Waals surface area contributed by atoms with Crippen LogP contribution in [0.4, 0.5) is 5.69 Å². The average Bonchev–Trinajstić information content (AvgIpc) is 2.85. The molecule has 0 spiro atoms. The number of carbonyl (C=O) groups is 1. The van der Waals surface area contributed by atoms with E-state index in [2.05, 4.69) is 31.4 Å². The summed E-state index contributed by atoms with van der Waals surface area (Å²) < 4.78 is 0.387. The van der Waals surface area contributed by atoms with Crippen molar-refractivity contribution in [1.82, 2.24) is 10.4 Å². The molecular formula is C13H11BrN4O3S. The van der Waals surface area contributed by atoms with Crippen molar-refractivity contribution in [2.75, 3.05) is 0 Å². The molecule has 0 aliphatic carbocycles. The summed E-state index contributed by atoms with van der Waals surface area (Å²) in [5.41, 5.74) is 3.69. The lowest BCUT2D eigenvalue weighted by Gasteiger charge is -1.98. The van der Waals surface area contributed by atoms with E-state index < -0.39 is 4.92 Å². The highest BCUT2D eigenvalue weighted by Gasteiger charge is 2.11. The minimum Gasteiger partial charge on any atom is -0.273 e. The van der Waals surface area contributed by atoms with E-state index in [1.165, 1.54) is 23.6 Å². The third kappa shape index (κ3) is 4.43. The van der Waals surface area contributed by atoms with E-state index in [9.17, 15) is 14.9 Å². The Hall–Kier alpha value is -2.13. The van der Waals surface area contributed by atoms with E-state index in [-0.39, 0.29) is 18.0 Å². The van der Waals surface area contributed by atoms with E-state index in [0.717, 1.165) is 5.69 Å². The van der Waals surface area contributed by atoms with Crippen molar-refractivity contribution < 1.29 is 9.72 Å². The number of nitrogens with one attached hydrogen (secondary N) is 1. The third-order valence-corrected chi connectivity index (χ3v) is 4.19. The molecule has 0 aliphatic rings. The number of carbonyl (C=O) groups excluding carboxylic acids is 1. The number of amides is 1. The van der Waals surface area contributed by atoms with Gasteiger partial charge in [-0.25, -0.2) is 10.4 Å². The van der Waals surface area contributed by atoms with Gasteiger partial charge in [0.25, 0.3) is 5.69 Å². The van der Waals surface area contributed by atoms with Crippen LogP contribution in [0.5, 0.6) is 0 Å². The zero-order valence-electron chi connectivity index (χ0n) is 11.4. The molecule has 0 saturated heterocycles. The molecule has 1 heterocycles. The van der Waals surface area contributed by atoms with Crippen molar-refractivity contribution in [3.05, 3.63) is 54.4 Å². The molecule has 1 aromatic heterocycles. The fourth-order valence-corrected chi connectivity index (χ4v) is 2.75. The van der Waals surface area contributed by atoms with Gasteiger partial charge in [0, 0.05) is 22.7 Å². The molecule has 114 valence electrons. The summed E-state index contributed by atoms with van der Waals surface area (Å²) >= 11 is 4.51. The lowest BCUT2D eigenvalue weighted by atomic mass is 10.2. The van der Waals surface area contributed by atoms with Gasteiger partial charge in [0.1, 0.15) is 5.01 Å². The molecule has 22 heavy (non-hydrogen) atoms. The van der Waals surface area contributed by atoms with Crippen LogP contribution in [0, 0.1) is 17.0 Å². The monoisotopic (exact) mass is 382 g/mol. The van der Waals surface area contributed by atoms with Crippen LogP contribution in [0.2, 0.25) is 0 Å². The van der Waals surface area contributed by atoms with Crippen molar-refractivity contribution in [1.29, 1.82) is 0 Å². The van der Waals surface area contributed by atoms with E-state index in [0.29, 0.717) is 15.0 Å². The summed E-state index contributed by atoms with van der Waals surface area (Å²) in [7, 11) is 0. The maximum absolute atomic E-state index is 11.7. The second-order valence-corrected chi connectivity index (χ2v) is 6.12. The molecule has 1 aromatic carbocycles. The normalized spacial score (nSPS) is 10.8. The zero-order valence-corrected chi connectivity index (χ0v) is 13.8. The standard InChI is InChI=1S/C13H11BrN4O3S/c1-8-7-22-13(16-8)5-12(19)17-15-6-9-2-3-10(14)11(4-9)18(20)21/h2-4,6-7H,5H2,1H3,(H,17,19)/b15-6-. The highest BCUT2D eigenvalue weighted by molar-refractivity contribution is 9.10. The third-order valence-electron chi connectivity index (χ3n) is 2.55. The van der Waals surface area contributed by atoms with Gasteiger partial charge >= 0.3 is 0 Å². The highest BCUT2D eigenvalue weighted by atomic mass is 79.9. The Kier molecular flexibility index (Phi) is 5.34. The van der Waals surface area contributed by atoms with E-state index >= 15 is 0 Å². The Bertz CT molecular complexity index is 745. The van der Waals surface area contributed by atoms with Crippen LogP contribution in [0.3, 0.4) is 0 Å². The number of aryl methyl sites for hydroxylation is 1. The molecule has 9 heteroatoms. The summed E-state index contributed by atoms with van der Waals surface area (Å²) in [5.74, 6) is -0.294. The van der Waals surface area contributed by atoms with Gasteiger partial charge < -0.3 is 0 Å². The highest BCUT2D eigenvalue weighted by Crippen LogP contribution is 2.24. The summed E-state index contributed by atoms with van der Waals surface area (Å²) in [6.45, 7) is 1.86. The lowest BCUT2D eigenvalue weighted by Crippen LogP contribution is -2.19. The van der Waals surface area contributed by atoms with Crippen LogP contribution in [0.15, 0.2) is 33.2 Å². The van der Waals surface area contributed by atoms with Crippen LogP contribution in [0.25, 0.3) is 0 Å².